The standard InChI is InChI=1S/C19H20N2O5S/c1-11(12-8-15(23-2)17(25-4)16(9-12)24-3)20-18(22)13-10-27-19(21-13)14-6-5-7-26-14/h5-11H,1-4H3,(H,20,22). The zero-order valence-electron chi connectivity index (χ0n) is 15.4. The monoisotopic (exact) mass is 388 g/mol. The number of furan rings is 1. The van der Waals surface area contributed by atoms with E-state index in [9.17, 15) is 4.79 Å². The van der Waals surface area contributed by atoms with Gasteiger partial charge in [0.2, 0.25) is 5.75 Å². The quantitative estimate of drug-likeness (QED) is 0.661. The highest BCUT2D eigenvalue weighted by molar-refractivity contribution is 7.13. The minimum atomic E-state index is -0.292. The largest absolute Gasteiger partial charge is 0.493 e. The number of carbonyl (C=O) groups excluding carboxylic acids is 1. The van der Waals surface area contributed by atoms with E-state index in [1.807, 2.05) is 19.1 Å². The van der Waals surface area contributed by atoms with Crippen molar-refractivity contribution in [2.75, 3.05) is 21.3 Å². The maximum atomic E-state index is 12.6. The van der Waals surface area contributed by atoms with Gasteiger partial charge in [0.25, 0.3) is 5.91 Å². The number of hydrogen-bond donors (Lipinski definition) is 1. The molecule has 0 saturated heterocycles. The number of methoxy groups -OCH3 is 3. The lowest BCUT2D eigenvalue weighted by atomic mass is 10.1. The Bertz CT molecular complexity index is 895. The molecule has 0 aliphatic heterocycles. The summed E-state index contributed by atoms with van der Waals surface area (Å²) in [5, 5.41) is 5.30. The maximum Gasteiger partial charge on any atom is 0.271 e. The van der Waals surface area contributed by atoms with Crippen LogP contribution >= 0.6 is 11.3 Å². The molecule has 1 N–H and O–H groups in total. The summed E-state index contributed by atoms with van der Waals surface area (Å²) in [6.45, 7) is 1.87. The molecule has 8 heteroatoms. The van der Waals surface area contributed by atoms with Crippen LogP contribution in [0.2, 0.25) is 0 Å². The molecule has 2 aromatic heterocycles. The van der Waals surface area contributed by atoms with Crippen molar-refractivity contribution in [2.24, 2.45) is 0 Å². The summed E-state index contributed by atoms with van der Waals surface area (Å²) in [5.41, 5.74) is 1.16. The molecule has 27 heavy (non-hydrogen) atoms. The van der Waals surface area contributed by atoms with Gasteiger partial charge in [-0.15, -0.1) is 11.3 Å². The van der Waals surface area contributed by atoms with Gasteiger partial charge in [-0.2, -0.15) is 0 Å². The van der Waals surface area contributed by atoms with Gasteiger partial charge in [-0.05, 0) is 36.8 Å². The van der Waals surface area contributed by atoms with E-state index < -0.39 is 0 Å². The predicted octanol–water partition coefficient (Wildman–Crippen LogP) is 3.92. The third-order valence-electron chi connectivity index (χ3n) is 4.00. The van der Waals surface area contributed by atoms with Gasteiger partial charge >= 0.3 is 0 Å². The van der Waals surface area contributed by atoms with Crippen molar-refractivity contribution in [3.63, 3.8) is 0 Å². The van der Waals surface area contributed by atoms with Crippen molar-refractivity contribution in [1.82, 2.24) is 10.3 Å². The molecule has 7 nitrogen and oxygen atoms in total. The Morgan fingerprint density at radius 2 is 1.89 bits per heavy atom. The molecule has 1 aromatic carbocycles. The van der Waals surface area contributed by atoms with Crippen LogP contribution < -0.4 is 19.5 Å². The molecule has 0 spiro atoms. The average molecular weight is 388 g/mol. The molecule has 3 aromatic rings. The van der Waals surface area contributed by atoms with Crippen LogP contribution in [0, 0.1) is 0 Å². The summed E-state index contributed by atoms with van der Waals surface area (Å²) in [6, 6.07) is 6.91. The number of carbonyl (C=O) groups is 1. The third-order valence-corrected chi connectivity index (χ3v) is 4.86. The topological polar surface area (TPSA) is 82.8 Å². The van der Waals surface area contributed by atoms with Gasteiger partial charge in [-0.3, -0.25) is 4.79 Å². The number of rotatable bonds is 7. The highest BCUT2D eigenvalue weighted by atomic mass is 32.1. The molecule has 3 rings (SSSR count). The summed E-state index contributed by atoms with van der Waals surface area (Å²) >= 11 is 1.35. The normalized spacial score (nSPS) is 11.7. The number of amides is 1. The Kier molecular flexibility index (Phi) is 5.66. The van der Waals surface area contributed by atoms with E-state index in [0.717, 1.165) is 5.56 Å². The molecular formula is C19H20N2O5S. The minimum absolute atomic E-state index is 0.273. The molecule has 142 valence electrons. The Morgan fingerprint density at radius 3 is 2.44 bits per heavy atom. The highest BCUT2D eigenvalue weighted by Crippen LogP contribution is 2.39. The van der Waals surface area contributed by atoms with Gasteiger partial charge in [-0.1, -0.05) is 0 Å². The second-order valence-corrected chi connectivity index (χ2v) is 6.53. The van der Waals surface area contributed by atoms with Gasteiger partial charge in [0.1, 0.15) is 5.69 Å². The second-order valence-electron chi connectivity index (χ2n) is 5.67. The summed E-state index contributed by atoms with van der Waals surface area (Å²) in [7, 11) is 4.65. The molecule has 0 fully saturated rings. The fourth-order valence-corrected chi connectivity index (χ4v) is 3.36. The van der Waals surface area contributed by atoms with Crippen LogP contribution in [0.25, 0.3) is 10.8 Å². The lowest BCUT2D eigenvalue weighted by Gasteiger charge is -2.18. The minimum Gasteiger partial charge on any atom is -0.493 e. The SMILES string of the molecule is COc1cc(C(C)NC(=O)c2csc(-c3ccco3)n2)cc(OC)c1OC. The van der Waals surface area contributed by atoms with Gasteiger partial charge in [0.15, 0.2) is 22.3 Å². The fourth-order valence-electron chi connectivity index (χ4n) is 2.60. The van der Waals surface area contributed by atoms with Crippen LogP contribution in [0.15, 0.2) is 40.3 Å². The van der Waals surface area contributed by atoms with E-state index in [2.05, 4.69) is 10.3 Å². The number of thiazole rings is 1. The summed E-state index contributed by atoms with van der Waals surface area (Å²) in [6.07, 6.45) is 1.57. The first-order valence-corrected chi connectivity index (χ1v) is 9.05. The van der Waals surface area contributed by atoms with Crippen molar-refractivity contribution in [3.05, 3.63) is 47.2 Å². The van der Waals surface area contributed by atoms with Crippen molar-refractivity contribution < 1.29 is 23.4 Å². The van der Waals surface area contributed by atoms with Crippen LogP contribution in [0.3, 0.4) is 0 Å². The second kappa shape index (κ2) is 8.13. The highest BCUT2D eigenvalue weighted by Gasteiger charge is 2.19. The first kappa shape index (κ1) is 18.8. The first-order valence-electron chi connectivity index (χ1n) is 8.17. The molecule has 0 radical (unpaired) electrons. The zero-order chi connectivity index (χ0) is 19.4. The van der Waals surface area contributed by atoms with Crippen LogP contribution in [0.5, 0.6) is 17.2 Å². The fraction of sp³-hybridized carbons (Fsp3) is 0.263. The number of nitrogens with one attached hydrogen (secondary N) is 1. The van der Waals surface area contributed by atoms with Crippen molar-refractivity contribution in [3.8, 4) is 28.0 Å². The average Bonchev–Trinajstić information content (AvgIpc) is 3.37. The first-order chi connectivity index (χ1) is 13.1. The van der Waals surface area contributed by atoms with Crippen LogP contribution in [0.4, 0.5) is 0 Å². The molecule has 0 bridgehead atoms. The van der Waals surface area contributed by atoms with Crippen molar-refractivity contribution in [2.45, 2.75) is 13.0 Å². The van der Waals surface area contributed by atoms with Gasteiger partial charge in [0, 0.05) is 5.38 Å². The van der Waals surface area contributed by atoms with Gasteiger partial charge in [0.05, 0.1) is 33.6 Å². The van der Waals surface area contributed by atoms with E-state index in [4.69, 9.17) is 18.6 Å². The van der Waals surface area contributed by atoms with Crippen molar-refractivity contribution >= 4 is 17.2 Å². The Hall–Kier alpha value is -3.00. The van der Waals surface area contributed by atoms with Crippen LogP contribution in [-0.2, 0) is 0 Å². The summed E-state index contributed by atoms with van der Waals surface area (Å²) in [4.78, 5) is 16.9. The van der Waals surface area contributed by atoms with Gasteiger partial charge < -0.3 is 23.9 Å². The third kappa shape index (κ3) is 3.90. The number of nitrogens with zero attached hydrogens (tertiary/aromatic N) is 1. The van der Waals surface area contributed by atoms with Crippen molar-refractivity contribution in [1.29, 1.82) is 0 Å². The maximum absolute atomic E-state index is 12.6. The van der Waals surface area contributed by atoms with E-state index in [1.165, 1.54) is 11.3 Å². The predicted molar refractivity (Wildman–Crippen MR) is 102 cm³/mol. The molecule has 0 saturated carbocycles. The summed E-state index contributed by atoms with van der Waals surface area (Å²) in [5.74, 6) is 1.93. The number of aromatic nitrogens is 1. The van der Waals surface area contributed by atoms with Crippen LogP contribution in [0.1, 0.15) is 29.0 Å². The lowest BCUT2D eigenvalue weighted by Crippen LogP contribution is -2.27. The van der Waals surface area contributed by atoms with E-state index >= 15 is 0 Å². The van der Waals surface area contributed by atoms with E-state index in [1.54, 1.807) is 45.1 Å². The molecule has 2 heterocycles. The number of ether oxygens (including phenoxy) is 3. The van der Waals surface area contributed by atoms with Gasteiger partial charge in [-0.25, -0.2) is 4.98 Å². The molecular weight excluding hydrogens is 368 g/mol. The van der Waals surface area contributed by atoms with Crippen LogP contribution in [-0.4, -0.2) is 32.2 Å². The summed E-state index contributed by atoms with van der Waals surface area (Å²) < 4.78 is 21.4. The molecule has 1 amide bonds. The zero-order valence-corrected chi connectivity index (χ0v) is 16.3. The Balaban J connectivity index is 1.78. The van der Waals surface area contributed by atoms with E-state index in [0.29, 0.717) is 33.7 Å². The number of hydrogen-bond acceptors (Lipinski definition) is 7. The van der Waals surface area contributed by atoms with E-state index in [-0.39, 0.29) is 11.9 Å². The lowest BCUT2D eigenvalue weighted by molar-refractivity contribution is 0.0935. The number of benzene rings is 1. The Morgan fingerprint density at radius 1 is 1.19 bits per heavy atom. The molecule has 0 aliphatic carbocycles. The molecule has 0 aliphatic rings. The molecule has 1 unspecified atom stereocenters. The Labute approximate surface area is 160 Å². The molecule has 1 atom stereocenters. The smallest absolute Gasteiger partial charge is 0.271 e.